The fraction of sp³-hybridized carbons (Fsp3) is 0.231. The van der Waals surface area contributed by atoms with E-state index in [4.69, 9.17) is 9.88 Å². The molecule has 0 aliphatic carbocycles. The highest BCUT2D eigenvalue weighted by Gasteiger charge is 2.18. The van der Waals surface area contributed by atoms with Gasteiger partial charge in [0, 0.05) is 10.9 Å². The second-order valence-corrected chi connectivity index (χ2v) is 5.77. The Hall–Kier alpha value is -1.99. The molecule has 2 aromatic carbocycles. The van der Waals surface area contributed by atoms with Gasteiger partial charge in [0.05, 0.1) is 6.61 Å². The third-order valence-corrected chi connectivity index (χ3v) is 3.60. The van der Waals surface area contributed by atoms with E-state index in [1.54, 1.807) is 12.1 Å². The molecule has 0 fully saturated rings. The highest BCUT2D eigenvalue weighted by Crippen LogP contribution is 2.40. The summed E-state index contributed by atoms with van der Waals surface area (Å²) in [5, 5.41) is 16.3. The van der Waals surface area contributed by atoms with Gasteiger partial charge in [0.25, 0.3) is 0 Å². The standard InChI is InChI=1S/C13H13NO5S/c14-20(16,17)19-9-3-4-10-8(6-9)7-12(15)11-2-1-5-18-13(10)11/h3-4,6-7,15H,1-2,5H2,(H2,14,16,17). The monoisotopic (exact) mass is 295 g/mol. The van der Waals surface area contributed by atoms with E-state index < -0.39 is 10.3 Å². The number of phenols is 1. The van der Waals surface area contributed by atoms with Crippen LogP contribution in [0, 0.1) is 0 Å². The average Bonchev–Trinajstić information content (AvgIpc) is 2.37. The lowest BCUT2D eigenvalue weighted by molar-refractivity contribution is 0.287. The van der Waals surface area contributed by atoms with Crippen LogP contribution in [-0.4, -0.2) is 20.1 Å². The van der Waals surface area contributed by atoms with Crippen molar-refractivity contribution in [1.29, 1.82) is 0 Å². The molecule has 0 saturated carbocycles. The van der Waals surface area contributed by atoms with E-state index in [2.05, 4.69) is 4.18 Å². The third kappa shape index (κ3) is 2.37. The van der Waals surface area contributed by atoms with Crippen molar-refractivity contribution in [2.45, 2.75) is 12.8 Å². The Kier molecular flexibility index (Phi) is 2.95. The minimum absolute atomic E-state index is 0.0927. The maximum Gasteiger partial charge on any atom is 0.380 e. The highest BCUT2D eigenvalue weighted by molar-refractivity contribution is 7.84. The first-order valence-electron chi connectivity index (χ1n) is 6.08. The summed E-state index contributed by atoms with van der Waals surface area (Å²) in [6.07, 6.45) is 1.62. The first-order valence-corrected chi connectivity index (χ1v) is 7.55. The molecule has 20 heavy (non-hydrogen) atoms. The Morgan fingerprint density at radius 3 is 2.85 bits per heavy atom. The van der Waals surface area contributed by atoms with Crippen LogP contribution in [-0.2, 0) is 16.7 Å². The van der Waals surface area contributed by atoms with Crippen LogP contribution < -0.4 is 14.1 Å². The van der Waals surface area contributed by atoms with E-state index in [0.717, 1.165) is 23.8 Å². The number of hydrogen-bond donors (Lipinski definition) is 2. The fourth-order valence-electron chi connectivity index (χ4n) is 2.40. The molecular weight excluding hydrogens is 282 g/mol. The summed E-state index contributed by atoms with van der Waals surface area (Å²) in [7, 11) is -4.07. The Labute approximate surface area is 116 Å². The quantitative estimate of drug-likeness (QED) is 0.873. The van der Waals surface area contributed by atoms with Crippen LogP contribution in [0.5, 0.6) is 17.2 Å². The van der Waals surface area contributed by atoms with Crippen molar-refractivity contribution in [3.05, 3.63) is 29.8 Å². The number of hydrogen-bond acceptors (Lipinski definition) is 5. The van der Waals surface area contributed by atoms with Crippen LogP contribution >= 0.6 is 0 Å². The average molecular weight is 295 g/mol. The first-order chi connectivity index (χ1) is 9.44. The highest BCUT2D eigenvalue weighted by atomic mass is 32.2. The zero-order valence-electron chi connectivity index (χ0n) is 10.5. The second kappa shape index (κ2) is 4.53. The third-order valence-electron chi connectivity index (χ3n) is 3.17. The molecule has 3 rings (SSSR count). The van der Waals surface area contributed by atoms with Crippen molar-refractivity contribution >= 4 is 21.1 Å². The lowest BCUT2D eigenvalue weighted by Gasteiger charge is -2.20. The molecule has 0 atom stereocenters. The molecule has 0 aromatic heterocycles. The molecule has 0 unspecified atom stereocenters. The summed E-state index contributed by atoms with van der Waals surface area (Å²) in [6, 6.07) is 6.26. The minimum Gasteiger partial charge on any atom is -0.508 e. The lowest BCUT2D eigenvalue weighted by atomic mass is 9.99. The summed E-state index contributed by atoms with van der Waals surface area (Å²) in [6.45, 7) is 0.598. The SMILES string of the molecule is NS(=O)(=O)Oc1ccc2c3c(c(O)cc2c1)CCCO3. The van der Waals surface area contributed by atoms with Gasteiger partial charge in [-0.2, -0.15) is 13.6 Å². The van der Waals surface area contributed by atoms with Gasteiger partial charge in [-0.15, -0.1) is 0 Å². The number of aromatic hydroxyl groups is 1. The van der Waals surface area contributed by atoms with Crippen LogP contribution in [0.25, 0.3) is 10.8 Å². The van der Waals surface area contributed by atoms with Crippen molar-refractivity contribution in [3.8, 4) is 17.2 Å². The van der Waals surface area contributed by atoms with Gasteiger partial charge in [-0.1, -0.05) is 0 Å². The molecule has 0 bridgehead atoms. The van der Waals surface area contributed by atoms with Crippen LogP contribution in [0.2, 0.25) is 0 Å². The van der Waals surface area contributed by atoms with Crippen molar-refractivity contribution in [2.75, 3.05) is 6.61 Å². The largest absolute Gasteiger partial charge is 0.508 e. The van der Waals surface area contributed by atoms with E-state index in [9.17, 15) is 13.5 Å². The van der Waals surface area contributed by atoms with E-state index in [1.165, 1.54) is 12.1 Å². The van der Waals surface area contributed by atoms with E-state index in [0.29, 0.717) is 17.7 Å². The number of rotatable bonds is 2. The summed E-state index contributed by atoms with van der Waals surface area (Å²) in [4.78, 5) is 0. The second-order valence-electron chi connectivity index (χ2n) is 4.61. The maximum absolute atomic E-state index is 10.9. The summed E-state index contributed by atoms with van der Waals surface area (Å²) in [5.41, 5.74) is 0.781. The van der Waals surface area contributed by atoms with Crippen molar-refractivity contribution < 1.29 is 22.4 Å². The van der Waals surface area contributed by atoms with Gasteiger partial charge in [0.15, 0.2) is 0 Å². The molecule has 7 heteroatoms. The maximum atomic E-state index is 10.9. The first kappa shape index (κ1) is 13.0. The molecule has 0 radical (unpaired) electrons. The number of fused-ring (bicyclic) bond motifs is 3. The summed E-state index contributed by atoms with van der Waals surface area (Å²) in [5.74, 6) is 0.878. The molecule has 6 nitrogen and oxygen atoms in total. The Balaban J connectivity index is 2.16. The van der Waals surface area contributed by atoms with Crippen LogP contribution in [0.1, 0.15) is 12.0 Å². The molecular formula is C13H13NO5S. The number of phenolic OH excluding ortho intramolecular Hbond substituents is 1. The fourth-order valence-corrected chi connectivity index (χ4v) is 2.77. The lowest BCUT2D eigenvalue weighted by Crippen LogP contribution is -2.18. The molecule has 1 aliphatic heterocycles. The Morgan fingerprint density at radius 1 is 1.30 bits per heavy atom. The number of ether oxygens (including phenoxy) is 1. The van der Waals surface area contributed by atoms with Crippen molar-refractivity contribution in [3.63, 3.8) is 0 Å². The summed E-state index contributed by atoms with van der Waals surface area (Å²) >= 11 is 0. The predicted octanol–water partition coefficient (Wildman–Crippen LogP) is 1.45. The topological polar surface area (TPSA) is 98.9 Å². The van der Waals surface area contributed by atoms with Gasteiger partial charge in [-0.05, 0) is 42.5 Å². The summed E-state index contributed by atoms with van der Waals surface area (Å²) < 4.78 is 32.1. The molecule has 0 saturated heterocycles. The molecule has 106 valence electrons. The predicted molar refractivity (Wildman–Crippen MR) is 73.2 cm³/mol. The Morgan fingerprint density at radius 2 is 2.10 bits per heavy atom. The van der Waals surface area contributed by atoms with E-state index in [1.807, 2.05) is 0 Å². The van der Waals surface area contributed by atoms with Gasteiger partial charge in [0.1, 0.15) is 17.2 Å². The van der Waals surface area contributed by atoms with E-state index >= 15 is 0 Å². The van der Waals surface area contributed by atoms with Gasteiger partial charge >= 0.3 is 10.3 Å². The molecule has 0 amide bonds. The van der Waals surface area contributed by atoms with E-state index in [-0.39, 0.29) is 11.5 Å². The number of benzene rings is 2. The van der Waals surface area contributed by atoms with Gasteiger partial charge < -0.3 is 14.0 Å². The zero-order valence-corrected chi connectivity index (χ0v) is 11.3. The molecule has 3 N–H and O–H groups in total. The van der Waals surface area contributed by atoms with Crippen LogP contribution in [0.4, 0.5) is 0 Å². The van der Waals surface area contributed by atoms with Crippen LogP contribution in [0.15, 0.2) is 24.3 Å². The molecule has 1 aliphatic rings. The minimum atomic E-state index is -4.07. The van der Waals surface area contributed by atoms with Gasteiger partial charge in [0.2, 0.25) is 0 Å². The van der Waals surface area contributed by atoms with Gasteiger partial charge in [-0.25, -0.2) is 0 Å². The number of nitrogens with two attached hydrogens (primary N) is 1. The smallest absolute Gasteiger partial charge is 0.380 e. The van der Waals surface area contributed by atoms with Gasteiger partial charge in [-0.3, -0.25) is 0 Å². The normalized spacial score (nSPS) is 14.7. The molecule has 1 heterocycles. The molecule has 0 spiro atoms. The van der Waals surface area contributed by atoms with Crippen molar-refractivity contribution in [1.82, 2.24) is 0 Å². The molecule has 2 aromatic rings. The zero-order chi connectivity index (χ0) is 14.3. The van der Waals surface area contributed by atoms with Crippen molar-refractivity contribution in [2.24, 2.45) is 5.14 Å². The van der Waals surface area contributed by atoms with Crippen LogP contribution in [0.3, 0.4) is 0 Å². The Bertz CT molecular complexity index is 785.